The summed E-state index contributed by atoms with van der Waals surface area (Å²) < 4.78 is 41.2. The van der Waals surface area contributed by atoms with Crippen LogP contribution in [-0.2, 0) is 25.7 Å². The van der Waals surface area contributed by atoms with Crippen LogP contribution in [0.15, 0.2) is 6.07 Å². The molecular formula is C24H32F3N7S. The van der Waals surface area contributed by atoms with Crippen LogP contribution in [0.4, 0.5) is 24.9 Å². The number of anilines is 2. The standard InChI is InChI=1S/C24H32F3N7S/c1-3-5-9-16-10-6-7-11-33(16)23-28-20(18-14-17(8-4-2)35-21(18)29-23)32-12-13-34-19(15-32)30-31-22(34)24(25,26)27/h14,16H,3-13,15H2,1-2H3. The van der Waals surface area contributed by atoms with Crippen LogP contribution in [0.3, 0.4) is 0 Å². The molecule has 7 nitrogen and oxygen atoms in total. The van der Waals surface area contributed by atoms with E-state index in [1.807, 2.05) is 4.90 Å². The Kier molecular flexibility index (Phi) is 6.87. The van der Waals surface area contributed by atoms with E-state index < -0.39 is 12.0 Å². The highest BCUT2D eigenvalue weighted by molar-refractivity contribution is 7.18. The lowest BCUT2D eigenvalue weighted by molar-refractivity contribution is -0.147. The van der Waals surface area contributed by atoms with Crippen molar-refractivity contribution >= 4 is 33.3 Å². The van der Waals surface area contributed by atoms with Gasteiger partial charge in [-0.25, -0.2) is 4.98 Å². The van der Waals surface area contributed by atoms with E-state index in [4.69, 9.17) is 9.97 Å². The van der Waals surface area contributed by atoms with Crippen LogP contribution in [0.25, 0.3) is 10.2 Å². The summed E-state index contributed by atoms with van der Waals surface area (Å²) in [5.41, 5.74) is 0. The Bertz CT molecular complexity index is 1170. The minimum absolute atomic E-state index is 0.173. The van der Waals surface area contributed by atoms with E-state index in [1.165, 1.54) is 22.3 Å². The lowest BCUT2D eigenvalue weighted by atomic mass is 9.98. The molecule has 0 bridgehead atoms. The molecule has 1 unspecified atom stereocenters. The molecule has 0 spiro atoms. The normalized spacial score (nSPS) is 18.9. The lowest BCUT2D eigenvalue weighted by Crippen LogP contribution is -2.41. The van der Waals surface area contributed by atoms with Gasteiger partial charge in [0, 0.05) is 30.6 Å². The van der Waals surface area contributed by atoms with Gasteiger partial charge in [-0.05, 0) is 38.2 Å². The Hall–Kier alpha value is -2.43. The van der Waals surface area contributed by atoms with E-state index in [-0.39, 0.29) is 13.1 Å². The van der Waals surface area contributed by atoms with Gasteiger partial charge < -0.3 is 14.4 Å². The van der Waals surface area contributed by atoms with Gasteiger partial charge >= 0.3 is 6.18 Å². The van der Waals surface area contributed by atoms with Crippen molar-refractivity contribution in [2.24, 2.45) is 0 Å². The fourth-order valence-electron chi connectivity index (χ4n) is 5.24. The summed E-state index contributed by atoms with van der Waals surface area (Å²) in [4.78, 5) is 16.7. The zero-order valence-corrected chi connectivity index (χ0v) is 21.1. The third-order valence-electron chi connectivity index (χ3n) is 6.99. The number of rotatable bonds is 7. The minimum atomic E-state index is -4.51. The SMILES string of the molecule is CCCCC1CCCCN1c1nc(N2CCn3c(nnc3C(F)(F)F)C2)c2cc(CCC)sc2n1. The number of alkyl halides is 3. The van der Waals surface area contributed by atoms with E-state index >= 15 is 0 Å². The zero-order valence-electron chi connectivity index (χ0n) is 20.3. The predicted octanol–water partition coefficient (Wildman–Crippen LogP) is 5.82. The van der Waals surface area contributed by atoms with Gasteiger partial charge in [0.2, 0.25) is 11.8 Å². The molecule has 1 atom stereocenters. The van der Waals surface area contributed by atoms with Crippen molar-refractivity contribution in [1.29, 1.82) is 0 Å². The maximum atomic E-state index is 13.3. The number of halogens is 3. The van der Waals surface area contributed by atoms with Crippen molar-refractivity contribution in [3.05, 3.63) is 22.6 Å². The molecule has 0 N–H and O–H groups in total. The fraction of sp³-hybridized carbons (Fsp3) is 0.667. The van der Waals surface area contributed by atoms with Crippen molar-refractivity contribution in [2.45, 2.75) is 90.5 Å². The maximum Gasteiger partial charge on any atom is 0.451 e. The van der Waals surface area contributed by atoms with E-state index in [0.29, 0.717) is 18.4 Å². The average molecular weight is 508 g/mol. The molecule has 0 radical (unpaired) electrons. The lowest BCUT2D eigenvalue weighted by Gasteiger charge is -2.37. The van der Waals surface area contributed by atoms with Gasteiger partial charge in [-0.3, -0.25) is 0 Å². The average Bonchev–Trinajstić information content (AvgIpc) is 3.45. The van der Waals surface area contributed by atoms with Crippen molar-refractivity contribution in [3.63, 3.8) is 0 Å². The van der Waals surface area contributed by atoms with Crippen LogP contribution >= 0.6 is 11.3 Å². The first-order valence-corrected chi connectivity index (χ1v) is 13.5. The minimum Gasteiger partial charge on any atom is -0.347 e. The summed E-state index contributed by atoms with van der Waals surface area (Å²) in [5, 5.41) is 8.29. The molecule has 35 heavy (non-hydrogen) atoms. The van der Waals surface area contributed by atoms with Gasteiger partial charge in [0.1, 0.15) is 10.6 Å². The molecule has 0 saturated carbocycles. The first-order valence-electron chi connectivity index (χ1n) is 12.7. The van der Waals surface area contributed by atoms with Gasteiger partial charge in [0.25, 0.3) is 0 Å². The first kappa shape index (κ1) is 24.3. The second kappa shape index (κ2) is 9.91. The van der Waals surface area contributed by atoms with Crippen LogP contribution in [-0.4, -0.2) is 43.9 Å². The molecule has 11 heteroatoms. The quantitative estimate of drug-likeness (QED) is 0.401. The smallest absolute Gasteiger partial charge is 0.347 e. The van der Waals surface area contributed by atoms with E-state index in [1.54, 1.807) is 11.3 Å². The highest BCUT2D eigenvalue weighted by Gasteiger charge is 2.40. The monoisotopic (exact) mass is 507 g/mol. The zero-order chi connectivity index (χ0) is 24.6. The Morgan fingerprint density at radius 1 is 1.06 bits per heavy atom. The summed E-state index contributed by atoms with van der Waals surface area (Å²) in [5.74, 6) is 0.945. The Balaban J connectivity index is 1.53. The summed E-state index contributed by atoms with van der Waals surface area (Å²) in [7, 11) is 0. The van der Waals surface area contributed by atoms with Crippen molar-refractivity contribution < 1.29 is 13.2 Å². The van der Waals surface area contributed by atoms with Gasteiger partial charge in [-0.1, -0.05) is 33.1 Å². The van der Waals surface area contributed by atoms with Crippen LogP contribution < -0.4 is 9.80 Å². The molecule has 190 valence electrons. The third-order valence-corrected chi connectivity index (χ3v) is 8.08. The van der Waals surface area contributed by atoms with Crippen LogP contribution in [0, 0.1) is 0 Å². The Morgan fingerprint density at radius 3 is 2.69 bits per heavy atom. The molecule has 0 aliphatic carbocycles. The van der Waals surface area contributed by atoms with Crippen molar-refractivity contribution in [3.8, 4) is 0 Å². The highest BCUT2D eigenvalue weighted by atomic mass is 32.1. The summed E-state index contributed by atoms with van der Waals surface area (Å²) >= 11 is 1.70. The molecule has 2 aliphatic heterocycles. The number of aryl methyl sites for hydroxylation is 1. The maximum absolute atomic E-state index is 13.3. The molecule has 5 heterocycles. The molecule has 5 rings (SSSR count). The number of aromatic nitrogens is 5. The van der Waals surface area contributed by atoms with Gasteiger partial charge in [0.05, 0.1) is 11.9 Å². The number of hydrogen-bond donors (Lipinski definition) is 0. The fourth-order valence-corrected chi connectivity index (χ4v) is 6.36. The molecular weight excluding hydrogens is 475 g/mol. The number of hydrogen-bond acceptors (Lipinski definition) is 7. The van der Waals surface area contributed by atoms with Crippen LogP contribution in [0.1, 0.15) is 75.3 Å². The molecule has 2 aliphatic rings. The second-order valence-electron chi connectivity index (χ2n) is 9.52. The largest absolute Gasteiger partial charge is 0.451 e. The summed E-state index contributed by atoms with van der Waals surface area (Å²) in [6, 6.07) is 2.59. The number of thiophene rings is 1. The first-order chi connectivity index (χ1) is 16.9. The van der Waals surface area contributed by atoms with Gasteiger partial charge in [-0.15, -0.1) is 21.5 Å². The molecule has 1 fully saturated rings. The number of nitrogens with zero attached hydrogens (tertiary/aromatic N) is 7. The highest BCUT2D eigenvalue weighted by Crippen LogP contribution is 2.37. The third kappa shape index (κ3) is 4.83. The molecule has 1 saturated heterocycles. The molecule has 0 aromatic carbocycles. The summed E-state index contributed by atoms with van der Waals surface area (Å²) in [6.07, 6.45) is 4.48. The van der Waals surface area contributed by atoms with Crippen LogP contribution in [0.5, 0.6) is 0 Å². The summed E-state index contributed by atoms with van der Waals surface area (Å²) in [6.45, 7) is 6.14. The number of piperidine rings is 1. The van der Waals surface area contributed by atoms with Gasteiger partial charge in [0.15, 0.2) is 5.82 Å². The number of unbranched alkanes of at least 4 members (excludes halogenated alkanes) is 1. The van der Waals surface area contributed by atoms with Crippen molar-refractivity contribution in [1.82, 2.24) is 24.7 Å². The second-order valence-corrected chi connectivity index (χ2v) is 10.6. The Labute approximate surface area is 207 Å². The van der Waals surface area contributed by atoms with Crippen LogP contribution in [0.2, 0.25) is 0 Å². The van der Waals surface area contributed by atoms with E-state index in [0.717, 1.165) is 67.1 Å². The van der Waals surface area contributed by atoms with E-state index in [9.17, 15) is 13.2 Å². The van der Waals surface area contributed by atoms with Crippen molar-refractivity contribution in [2.75, 3.05) is 22.9 Å². The van der Waals surface area contributed by atoms with Gasteiger partial charge in [-0.2, -0.15) is 18.2 Å². The Morgan fingerprint density at radius 2 is 1.91 bits per heavy atom. The van der Waals surface area contributed by atoms with E-state index in [2.05, 4.69) is 35.0 Å². The predicted molar refractivity (Wildman–Crippen MR) is 132 cm³/mol. The molecule has 0 amide bonds. The number of fused-ring (bicyclic) bond motifs is 2. The molecule has 3 aromatic heterocycles. The molecule has 3 aromatic rings. The topological polar surface area (TPSA) is 63.0 Å².